The number of aromatic nitrogens is 4. The van der Waals surface area contributed by atoms with Crippen LogP contribution in [0.3, 0.4) is 0 Å². The monoisotopic (exact) mass is 396 g/mol. The lowest BCUT2D eigenvalue weighted by atomic mass is 10.1. The highest BCUT2D eigenvalue weighted by atomic mass is 32.1. The van der Waals surface area contributed by atoms with E-state index in [1.54, 1.807) is 9.58 Å². The van der Waals surface area contributed by atoms with Gasteiger partial charge in [-0.25, -0.2) is 9.67 Å². The van der Waals surface area contributed by atoms with E-state index >= 15 is 0 Å². The summed E-state index contributed by atoms with van der Waals surface area (Å²) in [6.07, 6.45) is 0. The van der Waals surface area contributed by atoms with Gasteiger partial charge in [0.15, 0.2) is 0 Å². The molecule has 3 aromatic rings. The van der Waals surface area contributed by atoms with Crippen LogP contribution in [0.5, 0.6) is 0 Å². The van der Waals surface area contributed by atoms with Crippen LogP contribution in [0.1, 0.15) is 37.3 Å². The third-order valence-corrected chi connectivity index (χ3v) is 5.71. The number of hydrogen-bond donors (Lipinski definition) is 1. The van der Waals surface area contributed by atoms with E-state index in [9.17, 15) is 9.59 Å². The Labute approximate surface area is 166 Å². The SMILES string of the molecule is Cc1nc(C)c(C(=O)NCc2nnn3c2CN(Cc2ccccc2)C(=O)C3)s1. The number of carbonyl (C=O) groups is 2. The van der Waals surface area contributed by atoms with Crippen LogP contribution in [0.15, 0.2) is 30.3 Å². The molecule has 0 saturated heterocycles. The maximum absolute atomic E-state index is 12.4. The number of rotatable bonds is 5. The first-order valence-corrected chi connectivity index (χ1v) is 9.78. The van der Waals surface area contributed by atoms with Gasteiger partial charge in [-0.15, -0.1) is 16.4 Å². The second-order valence-electron chi connectivity index (χ2n) is 6.71. The number of nitrogens with one attached hydrogen (secondary N) is 1. The molecule has 0 aliphatic carbocycles. The molecule has 2 amide bonds. The maximum atomic E-state index is 12.4. The van der Waals surface area contributed by atoms with Crippen LogP contribution in [0, 0.1) is 13.8 Å². The zero-order chi connectivity index (χ0) is 19.7. The Morgan fingerprint density at radius 2 is 2.00 bits per heavy atom. The van der Waals surface area contributed by atoms with Crippen molar-refractivity contribution in [3.05, 3.63) is 62.9 Å². The number of aryl methyl sites for hydroxylation is 2. The number of carbonyl (C=O) groups excluding carboxylic acids is 2. The molecule has 28 heavy (non-hydrogen) atoms. The number of fused-ring (bicyclic) bond motifs is 1. The van der Waals surface area contributed by atoms with Gasteiger partial charge in [-0.05, 0) is 19.4 Å². The fraction of sp³-hybridized carbons (Fsp3) is 0.316. The molecule has 1 aliphatic heterocycles. The smallest absolute Gasteiger partial charge is 0.263 e. The van der Waals surface area contributed by atoms with E-state index in [0.717, 1.165) is 22.0 Å². The van der Waals surface area contributed by atoms with E-state index in [0.29, 0.717) is 23.7 Å². The summed E-state index contributed by atoms with van der Waals surface area (Å²) in [5.41, 5.74) is 3.33. The highest BCUT2D eigenvalue weighted by molar-refractivity contribution is 7.13. The molecule has 9 heteroatoms. The Hall–Kier alpha value is -3.07. The largest absolute Gasteiger partial charge is 0.345 e. The predicted molar refractivity (Wildman–Crippen MR) is 103 cm³/mol. The van der Waals surface area contributed by atoms with Gasteiger partial charge in [-0.2, -0.15) is 0 Å². The number of benzene rings is 1. The summed E-state index contributed by atoms with van der Waals surface area (Å²) in [6.45, 7) is 5.09. The van der Waals surface area contributed by atoms with Crippen LogP contribution < -0.4 is 5.32 Å². The molecule has 4 rings (SSSR count). The lowest BCUT2D eigenvalue weighted by molar-refractivity contribution is -0.135. The Kier molecular flexibility index (Phi) is 4.91. The number of nitrogens with zero attached hydrogens (tertiary/aromatic N) is 5. The minimum Gasteiger partial charge on any atom is -0.345 e. The second-order valence-corrected chi connectivity index (χ2v) is 7.91. The van der Waals surface area contributed by atoms with E-state index < -0.39 is 0 Å². The first-order chi connectivity index (χ1) is 13.5. The minimum atomic E-state index is -0.169. The second kappa shape index (κ2) is 7.51. The molecule has 0 radical (unpaired) electrons. The molecule has 1 aromatic carbocycles. The third-order valence-electron chi connectivity index (χ3n) is 4.64. The average molecular weight is 396 g/mol. The summed E-state index contributed by atoms with van der Waals surface area (Å²) in [5.74, 6) is -0.162. The maximum Gasteiger partial charge on any atom is 0.263 e. The zero-order valence-electron chi connectivity index (χ0n) is 15.7. The standard InChI is InChI=1S/C19H20N6O2S/c1-12-18(28-13(2)21-12)19(27)20-8-15-16-10-24(9-14-6-4-3-5-7-14)17(26)11-25(16)23-22-15/h3-7H,8-11H2,1-2H3,(H,20,27). The number of amides is 2. The van der Waals surface area contributed by atoms with E-state index in [4.69, 9.17) is 0 Å². The molecular weight excluding hydrogens is 376 g/mol. The van der Waals surface area contributed by atoms with Gasteiger partial charge in [-0.3, -0.25) is 9.59 Å². The van der Waals surface area contributed by atoms with Crippen molar-refractivity contribution < 1.29 is 9.59 Å². The van der Waals surface area contributed by atoms with Crippen molar-refractivity contribution in [2.75, 3.05) is 0 Å². The van der Waals surface area contributed by atoms with E-state index in [1.807, 2.05) is 44.2 Å². The highest BCUT2D eigenvalue weighted by Gasteiger charge is 2.27. The first kappa shape index (κ1) is 18.3. The lowest BCUT2D eigenvalue weighted by Crippen LogP contribution is -2.39. The Balaban J connectivity index is 1.46. The first-order valence-electron chi connectivity index (χ1n) is 8.96. The van der Waals surface area contributed by atoms with Gasteiger partial charge in [0.05, 0.1) is 29.5 Å². The van der Waals surface area contributed by atoms with Crippen molar-refractivity contribution in [2.24, 2.45) is 0 Å². The summed E-state index contributed by atoms with van der Waals surface area (Å²) in [5, 5.41) is 12.0. The van der Waals surface area contributed by atoms with Gasteiger partial charge < -0.3 is 10.2 Å². The van der Waals surface area contributed by atoms with Crippen LogP contribution in [-0.2, 0) is 31.0 Å². The lowest BCUT2D eigenvalue weighted by Gasteiger charge is -2.27. The topological polar surface area (TPSA) is 93.0 Å². The van der Waals surface area contributed by atoms with Gasteiger partial charge in [0.1, 0.15) is 17.1 Å². The molecule has 3 heterocycles. The van der Waals surface area contributed by atoms with Gasteiger partial charge in [-0.1, -0.05) is 35.5 Å². The van der Waals surface area contributed by atoms with Crippen molar-refractivity contribution in [2.45, 2.75) is 40.0 Å². The average Bonchev–Trinajstić information content (AvgIpc) is 3.23. The normalized spacial score (nSPS) is 13.5. The fourth-order valence-electron chi connectivity index (χ4n) is 3.24. The molecular formula is C19H20N6O2S. The summed E-state index contributed by atoms with van der Waals surface area (Å²) >= 11 is 1.37. The van der Waals surface area contributed by atoms with Gasteiger partial charge >= 0.3 is 0 Å². The van der Waals surface area contributed by atoms with E-state index in [2.05, 4.69) is 20.6 Å². The van der Waals surface area contributed by atoms with Crippen molar-refractivity contribution in [1.82, 2.24) is 30.2 Å². The van der Waals surface area contributed by atoms with Crippen molar-refractivity contribution in [1.29, 1.82) is 0 Å². The molecule has 0 unspecified atom stereocenters. The molecule has 0 fully saturated rings. The third kappa shape index (κ3) is 3.65. The molecule has 1 N–H and O–H groups in total. The van der Waals surface area contributed by atoms with Crippen LogP contribution in [-0.4, -0.2) is 36.7 Å². The Morgan fingerprint density at radius 1 is 1.21 bits per heavy atom. The number of hydrogen-bond acceptors (Lipinski definition) is 6. The quantitative estimate of drug-likeness (QED) is 0.710. The summed E-state index contributed by atoms with van der Waals surface area (Å²) < 4.78 is 1.62. The summed E-state index contributed by atoms with van der Waals surface area (Å²) in [6, 6.07) is 9.86. The highest BCUT2D eigenvalue weighted by Crippen LogP contribution is 2.19. The molecule has 0 atom stereocenters. The van der Waals surface area contributed by atoms with Crippen molar-refractivity contribution >= 4 is 23.2 Å². The van der Waals surface area contributed by atoms with Crippen molar-refractivity contribution in [3.8, 4) is 0 Å². The summed E-state index contributed by atoms with van der Waals surface area (Å²) in [4.78, 5) is 31.5. The van der Waals surface area contributed by atoms with E-state index in [-0.39, 0.29) is 24.9 Å². The molecule has 2 aromatic heterocycles. The molecule has 144 valence electrons. The fourth-order valence-corrected chi connectivity index (χ4v) is 4.07. The van der Waals surface area contributed by atoms with Crippen LogP contribution in [0.4, 0.5) is 0 Å². The summed E-state index contributed by atoms with van der Waals surface area (Å²) in [7, 11) is 0. The van der Waals surface area contributed by atoms with Gasteiger partial charge in [0.25, 0.3) is 5.91 Å². The van der Waals surface area contributed by atoms with Crippen LogP contribution in [0.25, 0.3) is 0 Å². The molecule has 0 bridgehead atoms. The number of thiazole rings is 1. The van der Waals surface area contributed by atoms with Crippen LogP contribution in [0.2, 0.25) is 0 Å². The van der Waals surface area contributed by atoms with Crippen molar-refractivity contribution in [3.63, 3.8) is 0 Å². The van der Waals surface area contributed by atoms with Gasteiger partial charge in [0, 0.05) is 6.54 Å². The predicted octanol–water partition coefficient (Wildman–Crippen LogP) is 1.82. The molecule has 0 saturated carbocycles. The Bertz CT molecular complexity index is 1030. The van der Waals surface area contributed by atoms with Gasteiger partial charge in [0.2, 0.25) is 5.91 Å². The minimum absolute atomic E-state index is 0.00704. The van der Waals surface area contributed by atoms with E-state index in [1.165, 1.54) is 11.3 Å². The zero-order valence-corrected chi connectivity index (χ0v) is 16.5. The Morgan fingerprint density at radius 3 is 2.71 bits per heavy atom. The molecule has 8 nitrogen and oxygen atoms in total. The van der Waals surface area contributed by atoms with Crippen LogP contribution >= 0.6 is 11.3 Å². The molecule has 1 aliphatic rings. The molecule has 0 spiro atoms.